The predicted molar refractivity (Wildman–Crippen MR) is 227 cm³/mol. The number of benzene rings is 2. The van der Waals surface area contributed by atoms with Gasteiger partial charge >= 0.3 is 11.9 Å². The summed E-state index contributed by atoms with van der Waals surface area (Å²) >= 11 is 14.3. The molecule has 2 aromatic carbocycles. The Morgan fingerprint density at radius 2 is 1.39 bits per heavy atom. The number of aromatic nitrogens is 5. The quantitative estimate of drug-likeness (QED) is 0.0858. The molecule has 2 fully saturated rings. The van der Waals surface area contributed by atoms with Crippen molar-refractivity contribution in [3.05, 3.63) is 92.2 Å². The summed E-state index contributed by atoms with van der Waals surface area (Å²) in [6.45, 7) is 9.22. The van der Waals surface area contributed by atoms with Crippen molar-refractivity contribution >= 4 is 53.1 Å². The monoisotopic (exact) mass is 842 g/mol. The van der Waals surface area contributed by atoms with Crippen molar-refractivity contribution in [3.8, 4) is 33.6 Å². The third kappa shape index (κ3) is 9.31. The maximum Gasteiger partial charge on any atom is 0.302 e. The number of carbonyl (C=O) groups is 3. The van der Waals surface area contributed by atoms with Crippen molar-refractivity contribution in [1.82, 2.24) is 39.5 Å². The first-order chi connectivity index (χ1) is 28.3. The lowest BCUT2D eigenvalue weighted by Gasteiger charge is -2.35. The summed E-state index contributed by atoms with van der Waals surface area (Å²) in [6, 6.07) is 15.2. The summed E-state index contributed by atoms with van der Waals surface area (Å²) in [5.41, 5.74) is 5.95. The second-order valence-electron chi connectivity index (χ2n) is 15.3. The van der Waals surface area contributed by atoms with E-state index in [1.54, 1.807) is 25.9 Å². The van der Waals surface area contributed by atoms with E-state index in [9.17, 15) is 19.2 Å². The van der Waals surface area contributed by atoms with Crippen LogP contribution in [-0.4, -0.2) is 98.1 Å². The van der Waals surface area contributed by atoms with Gasteiger partial charge in [-0.2, -0.15) is 10.2 Å². The molecule has 0 amide bonds. The zero-order valence-corrected chi connectivity index (χ0v) is 35.2. The topological polar surface area (TPSA) is 154 Å². The first-order valence-corrected chi connectivity index (χ1v) is 20.5. The zero-order chi connectivity index (χ0) is 42.0. The molecule has 310 valence electrons. The van der Waals surface area contributed by atoms with Crippen LogP contribution in [0.3, 0.4) is 0 Å². The number of rotatable bonds is 16. The Hall–Kier alpha value is -5.28. The van der Waals surface area contributed by atoms with Crippen LogP contribution in [0.4, 0.5) is 0 Å². The number of ether oxygens (including phenoxy) is 2. The highest BCUT2D eigenvalue weighted by atomic mass is 35.5. The van der Waals surface area contributed by atoms with Crippen LogP contribution in [0.15, 0.2) is 65.2 Å². The number of esters is 2. The summed E-state index contributed by atoms with van der Waals surface area (Å²) in [7, 11) is 1.98. The largest absolute Gasteiger partial charge is 0.462 e. The predicted octanol–water partition coefficient (Wildman–Crippen LogP) is 6.24. The molecule has 3 aromatic heterocycles. The molecule has 0 radical (unpaired) electrons. The highest BCUT2D eigenvalue weighted by Gasteiger charge is 2.32. The van der Waals surface area contributed by atoms with E-state index in [-0.39, 0.29) is 35.7 Å². The van der Waals surface area contributed by atoms with E-state index in [4.69, 9.17) is 42.9 Å². The number of hydrogen-bond acceptors (Lipinski definition) is 11. The summed E-state index contributed by atoms with van der Waals surface area (Å²) in [4.78, 5) is 50.3. The minimum absolute atomic E-state index is 0.00398. The smallest absolute Gasteiger partial charge is 0.302 e. The number of hydrogen-bond donors (Lipinski definition) is 2. The maximum atomic E-state index is 13.7. The van der Waals surface area contributed by atoms with Gasteiger partial charge in [0.05, 0.1) is 21.4 Å². The molecule has 7 rings (SSSR count). The second-order valence-corrected chi connectivity index (χ2v) is 16.1. The minimum atomic E-state index is -0.266. The van der Waals surface area contributed by atoms with Crippen LogP contribution in [0.5, 0.6) is 0 Å². The molecular weight excluding hydrogens is 795 g/mol. The molecule has 0 aliphatic heterocycles. The number of carbonyl (C=O) groups excluding carboxylic acids is 3. The summed E-state index contributed by atoms with van der Waals surface area (Å²) in [5, 5.41) is 17.3. The van der Waals surface area contributed by atoms with Crippen molar-refractivity contribution in [2.45, 2.75) is 84.2 Å². The fourth-order valence-corrected chi connectivity index (χ4v) is 8.26. The molecule has 2 saturated carbocycles. The van der Waals surface area contributed by atoms with Gasteiger partial charge in [0.15, 0.2) is 6.29 Å². The van der Waals surface area contributed by atoms with Crippen molar-refractivity contribution in [3.63, 3.8) is 0 Å². The van der Waals surface area contributed by atoms with Gasteiger partial charge < -0.3 is 29.6 Å². The molecular formula is C43H48Cl2N8O6. The maximum absolute atomic E-state index is 13.7. The Bertz CT molecular complexity index is 2480. The van der Waals surface area contributed by atoms with Crippen LogP contribution in [0.2, 0.25) is 10.0 Å². The van der Waals surface area contributed by atoms with Gasteiger partial charge in [-0.1, -0.05) is 59.6 Å². The van der Waals surface area contributed by atoms with E-state index >= 15 is 0 Å². The molecule has 59 heavy (non-hydrogen) atoms. The van der Waals surface area contributed by atoms with Crippen molar-refractivity contribution in [2.24, 2.45) is 0 Å². The number of nitrogens with one attached hydrogen (secondary N) is 2. The number of nitrogens with zero attached hydrogens (tertiary/aromatic N) is 6. The first kappa shape index (κ1) is 41.9. The van der Waals surface area contributed by atoms with Gasteiger partial charge in [0.2, 0.25) is 0 Å². The van der Waals surface area contributed by atoms with Gasteiger partial charge in [0.1, 0.15) is 23.4 Å². The number of likely N-dealkylation sites (N-methyl/N-ethyl adjacent to an activating group) is 1. The Morgan fingerprint density at radius 3 is 1.95 bits per heavy atom. The standard InChI is InChI=1S/C43H48Cl2N8O6/c1-25(50(5)14-12-46-29-16-32(17-29)58-27(3)55)22-52-31(24-54)20-38(48-52)36-10-6-8-34(41(36)44)35-9-7-11-37(42(35)45)39-21-40-43(57)51(26(2)23-53(40)49-39)15-13-47-30-18-33(19-30)59-28(4)56/h6-11,20-24,29-30,32-33,46-47H,12-19H2,1-5H3/b25-22-. The number of aryl methyl sites for hydroxylation is 1. The van der Waals surface area contributed by atoms with Crippen LogP contribution in [0, 0.1) is 6.92 Å². The molecule has 5 aromatic rings. The Balaban J connectivity index is 1.06. The lowest BCUT2D eigenvalue weighted by Crippen LogP contribution is -2.47. The number of halogens is 2. The third-order valence-corrected chi connectivity index (χ3v) is 11.9. The van der Waals surface area contributed by atoms with E-state index < -0.39 is 0 Å². The van der Waals surface area contributed by atoms with Crippen LogP contribution >= 0.6 is 23.2 Å². The van der Waals surface area contributed by atoms with Gasteiger partial charge in [-0.3, -0.25) is 19.2 Å². The lowest BCUT2D eigenvalue weighted by molar-refractivity contribution is -0.152. The van der Waals surface area contributed by atoms with Crippen LogP contribution in [-0.2, 0) is 25.6 Å². The normalized spacial score (nSPS) is 18.9. The van der Waals surface area contributed by atoms with Crippen LogP contribution < -0.4 is 16.2 Å². The molecule has 0 atom stereocenters. The molecule has 0 unspecified atom stereocenters. The van der Waals surface area contributed by atoms with Gasteiger partial charge in [-0.15, -0.1) is 0 Å². The van der Waals surface area contributed by atoms with E-state index in [0.29, 0.717) is 74.0 Å². The first-order valence-electron chi connectivity index (χ1n) is 19.7. The van der Waals surface area contributed by atoms with Crippen molar-refractivity contribution in [1.29, 1.82) is 0 Å². The molecule has 16 heteroatoms. The highest BCUT2D eigenvalue weighted by Crippen LogP contribution is 2.42. The average Bonchev–Trinajstić information content (AvgIpc) is 3.77. The minimum Gasteiger partial charge on any atom is -0.462 e. The van der Waals surface area contributed by atoms with E-state index in [0.717, 1.165) is 56.4 Å². The number of aldehydes is 1. The molecule has 0 saturated heterocycles. The molecule has 2 N–H and O–H groups in total. The second kappa shape index (κ2) is 17.9. The van der Waals surface area contributed by atoms with Crippen molar-refractivity contribution < 1.29 is 23.9 Å². The SMILES string of the molecule is CC(=O)OC1CC(NCCN(C)/C(C)=C\n2nc(-c3cccc(-c4cccc(-c5cc6c(=O)n(CCNC7CC(OC(C)=O)C7)c(C)cn6n5)c4Cl)c3Cl)cc2C=O)C1. The molecule has 2 aliphatic rings. The van der Waals surface area contributed by atoms with E-state index in [1.165, 1.54) is 13.8 Å². The average molecular weight is 844 g/mol. The Labute approximate surface area is 352 Å². The Morgan fingerprint density at radius 1 is 0.847 bits per heavy atom. The molecule has 2 aliphatic carbocycles. The Kier molecular flexibility index (Phi) is 12.7. The fourth-order valence-electron chi connectivity index (χ4n) is 7.61. The summed E-state index contributed by atoms with van der Waals surface area (Å²) in [6.07, 6.45) is 7.50. The van der Waals surface area contributed by atoms with Gasteiger partial charge in [-0.25, -0.2) is 9.20 Å². The lowest BCUT2D eigenvalue weighted by atomic mass is 9.89. The molecule has 3 heterocycles. The summed E-state index contributed by atoms with van der Waals surface area (Å²) in [5.74, 6) is -0.512. The fraction of sp³-hybridized carbons (Fsp3) is 0.395. The van der Waals surface area contributed by atoms with Crippen LogP contribution in [0.25, 0.3) is 45.4 Å². The third-order valence-electron chi connectivity index (χ3n) is 11.1. The van der Waals surface area contributed by atoms with Gasteiger partial charge in [-0.05, 0) is 51.7 Å². The number of allylic oxidation sites excluding steroid dienone is 1. The summed E-state index contributed by atoms with van der Waals surface area (Å²) < 4.78 is 15.4. The zero-order valence-electron chi connectivity index (χ0n) is 33.7. The van der Waals surface area contributed by atoms with Crippen molar-refractivity contribution in [2.75, 3.05) is 26.7 Å². The molecule has 14 nitrogen and oxygen atoms in total. The number of fused-ring (bicyclic) bond motifs is 1. The van der Waals surface area contributed by atoms with E-state index in [1.807, 2.05) is 69.7 Å². The molecule has 0 spiro atoms. The molecule has 0 bridgehead atoms. The van der Waals surface area contributed by atoms with E-state index in [2.05, 4.69) is 15.5 Å². The van der Waals surface area contributed by atoms with Gasteiger partial charge in [0.25, 0.3) is 5.56 Å². The van der Waals surface area contributed by atoms with Gasteiger partial charge in [0, 0.05) is 105 Å². The highest BCUT2D eigenvalue weighted by molar-refractivity contribution is 6.39. The van der Waals surface area contributed by atoms with Crippen LogP contribution in [0.1, 0.15) is 62.6 Å².